The fourth-order valence-electron chi connectivity index (χ4n) is 1.60. The standard InChI is InChI=1S/C13H18N2O5S/c1-20-13(17)11(7-8-21(2,18)19)15-12(16)9-3-5-10(14)6-4-9/h3-6,11H,7-8,14H2,1-2H3,(H,15,16)/t11-/m1/s1. The van der Waals surface area contributed by atoms with Gasteiger partial charge < -0.3 is 15.8 Å². The first kappa shape index (κ1) is 17.0. The quantitative estimate of drug-likeness (QED) is 0.563. The maximum absolute atomic E-state index is 12.0. The van der Waals surface area contributed by atoms with E-state index in [1.54, 1.807) is 12.1 Å². The van der Waals surface area contributed by atoms with Crippen molar-refractivity contribution < 1.29 is 22.7 Å². The molecule has 1 aromatic carbocycles. The summed E-state index contributed by atoms with van der Waals surface area (Å²) in [5.41, 5.74) is 6.35. The number of rotatable bonds is 6. The summed E-state index contributed by atoms with van der Waals surface area (Å²) >= 11 is 0. The van der Waals surface area contributed by atoms with Crippen LogP contribution in [0, 0.1) is 0 Å². The molecule has 0 radical (unpaired) electrons. The first-order valence-electron chi connectivity index (χ1n) is 6.15. The molecular formula is C13H18N2O5S. The van der Waals surface area contributed by atoms with Gasteiger partial charge in [-0.1, -0.05) is 0 Å². The molecule has 1 amide bonds. The Labute approximate surface area is 123 Å². The van der Waals surface area contributed by atoms with Crippen LogP contribution in [0.15, 0.2) is 24.3 Å². The third kappa shape index (κ3) is 5.82. The molecule has 0 aliphatic rings. The zero-order valence-electron chi connectivity index (χ0n) is 11.8. The number of nitrogen functional groups attached to an aromatic ring is 1. The third-order valence-electron chi connectivity index (χ3n) is 2.74. The molecule has 0 saturated carbocycles. The van der Waals surface area contributed by atoms with E-state index in [4.69, 9.17) is 5.73 Å². The molecule has 0 heterocycles. The van der Waals surface area contributed by atoms with Crippen LogP contribution in [-0.2, 0) is 19.4 Å². The molecule has 0 aromatic heterocycles. The molecule has 21 heavy (non-hydrogen) atoms. The van der Waals surface area contributed by atoms with Crippen LogP contribution in [-0.4, -0.2) is 45.5 Å². The summed E-state index contributed by atoms with van der Waals surface area (Å²) < 4.78 is 26.9. The van der Waals surface area contributed by atoms with Crippen LogP contribution in [0.1, 0.15) is 16.8 Å². The van der Waals surface area contributed by atoms with Crippen molar-refractivity contribution in [3.63, 3.8) is 0 Å². The Hall–Kier alpha value is -2.09. The molecule has 0 aliphatic heterocycles. The lowest BCUT2D eigenvalue weighted by atomic mass is 10.1. The summed E-state index contributed by atoms with van der Waals surface area (Å²) in [6.45, 7) is 0. The van der Waals surface area contributed by atoms with E-state index in [0.29, 0.717) is 11.3 Å². The molecule has 7 nitrogen and oxygen atoms in total. The van der Waals surface area contributed by atoms with Gasteiger partial charge in [0.2, 0.25) is 0 Å². The zero-order chi connectivity index (χ0) is 16.0. The predicted octanol–water partition coefficient (Wildman–Crippen LogP) is -0.0251. The van der Waals surface area contributed by atoms with Gasteiger partial charge in [0.15, 0.2) is 0 Å². The maximum Gasteiger partial charge on any atom is 0.328 e. The highest BCUT2D eigenvalue weighted by atomic mass is 32.2. The number of carbonyl (C=O) groups excluding carboxylic acids is 2. The Balaban J connectivity index is 2.78. The van der Waals surface area contributed by atoms with E-state index < -0.39 is 27.8 Å². The number of sulfone groups is 1. The number of nitrogens with one attached hydrogen (secondary N) is 1. The predicted molar refractivity (Wildman–Crippen MR) is 78.5 cm³/mol. The zero-order valence-corrected chi connectivity index (χ0v) is 12.6. The monoisotopic (exact) mass is 314 g/mol. The Morgan fingerprint density at radius 3 is 2.33 bits per heavy atom. The number of esters is 1. The van der Waals surface area contributed by atoms with Crippen LogP contribution >= 0.6 is 0 Å². The topological polar surface area (TPSA) is 116 Å². The van der Waals surface area contributed by atoms with E-state index >= 15 is 0 Å². The van der Waals surface area contributed by atoms with E-state index in [2.05, 4.69) is 10.1 Å². The maximum atomic E-state index is 12.0. The van der Waals surface area contributed by atoms with Crippen molar-refractivity contribution in [2.75, 3.05) is 24.9 Å². The van der Waals surface area contributed by atoms with Crippen molar-refractivity contribution in [1.29, 1.82) is 0 Å². The van der Waals surface area contributed by atoms with Crippen molar-refractivity contribution >= 4 is 27.4 Å². The number of hydrogen-bond donors (Lipinski definition) is 2. The second-order valence-electron chi connectivity index (χ2n) is 4.59. The average Bonchev–Trinajstić information content (AvgIpc) is 2.42. The van der Waals surface area contributed by atoms with E-state index in [-0.39, 0.29) is 12.2 Å². The van der Waals surface area contributed by atoms with Crippen LogP contribution in [0.25, 0.3) is 0 Å². The van der Waals surface area contributed by atoms with Crippen molar-refractivity contribution in [2.45, 2.75) is 12.5 Å². The third-order valence-corrected chi connectivity index (χ3v) is 3.72. The highest BCUT2D eigenvalue weighted by molar-refractivity contribution is 7.90. The summed E-state index contributed by atoms with van der Waals surface area (Å²) in [5.74, 6) is -1.42. The number of benzene rings is 1. The van der Waals surface area contributed by atoms with E-state index in [1.165, 1.54) is 19.2 Å². The molecule has 0 unspecified atom stereocenters. The lowest BCUT2D eigenvalue weighted by molar-refractivity contribution is -0.142. The smallest absolute Gasteiger partial charge is 0.328 e. The van der Waals surface area contributed by atoms with Crippen molar-refractivity contribution in [3.8, 4) is 0 Å². The molecule has 1 rings (SSSR count). The van der Waals surface area contributed by atoms with Crippen LogP contribution in [0.3, 0.4) is 0 Å². The van der Waals surface area contributed by atoms with Gasteiger partial charge in [0.25, 0.3) is 5.91 Å². The molecule has 8 heteroatoms. The minimum absolute atomic E-state index is 0.0494. The summed E-state index contributed by atoms with van der Waals surface area (Å²) in [5, 5.41) is 2.46. The molecule has 0 spiro atoms. The van der Waals surface area contributed by atoms with Crippen LogP contribution in [0.5, 0.6) is 0 Å². The highest BCUT2D eigenvalue weighted by Crippen LogP contribution is 2.07. The molecule has 0 fully saturated rings. The van der Waals surface area contributed by atoms with Gasteiger partial charge in [-0.25, -0.2) is 13.2 Å². The van der Waals surface area contributed by atoms with Gasteiger partial charge in [-0.15, -0.1) is 0 Å². The summed E-state index contributed by atoms with van der Waals surface area (Å²) in [6.07, 6.45) is 1.01. The number of carbonyl (C=O) groups is 2. The normalized spacial score (nSPS) is 12.5. The number of anilines is 1. The SMILES string of the molecule is COC(=O)[C@@H](CCS(C)(=O)=O)NC(=O)c1ccc(N)cc1. The Morgan fingerprint density at radius 2 is 1.86 bits per heavy atom. The van der Waals surface area contributed by atoms with E-state index in [9.17, 15) is 18.0 Å². The van der Waals surface area contributed by atoms with Gasteiger partial charge in [0.05, 0.1) is 12.9 Å². The van der Waals surface area contributed by atoms with Crippen molar-refractivity contribution in [3.05, 3.63) is 29.8 Å². The van der Waals surface area contributed by atoms with Gasteiger partial charge in [0, 0.05) is 17.5 Å². The largest absolute Gasteiger partial charge is 0.467 e. The fraction of sp³-hybridized carbons (Fsp3) is 0.385. The molecule has 0 aliphatic carbocycles. The second kappa shape index (κ2) is 7.07. The summed E-state index contributed by atoms with van der Waals surface area (Å²) in [4.78, 5) is 23.6. The van der Waals surface area contributed by atoms with E-state index in [1.807, 2.05) is 0 Å². The number of hydrogen-bond acceptors (Lipinski definition) is 6. The number of amides is 1. The molecule has 116 valence electrons. The van der Waals surface area contributed by atoms with Gasteiger partial charge in [-0.3, -0.25) is 4.79 Å². The van der Waals surface area contributed by atoms with Gasteiger partial charge in [-0.2, -0.15) is 0 Å². The first-order chi connectivity index (χ1) is 9.73. The van der Waals surface area contributed by atoms with Crippen LogP contribution in [0.2, 0.25) is 0 Å². The average molecular weight is 314 g/mol. The Bertz CT molecular complexity index is 610. The molecule has 1 atom stereocenters. The summed E-state index contributed by atoms with van der Waals surface area (Å²) in [6, 6.07) is 5.11. The molecule has 3 N–H and O–H groups in total. The van der Waals surface area contributed by atoms with Gasteiger partial charge >= 0.3 is 5.97 Å². The van der Waals surface area contributed by atoms with Crippen molar-refractivity contribution in [2.24, 2.45) is 0 Å². The number of nitrogens with two attached hydrogens (primary N) is 1. The Morgan fingerprint density at radius 1 is 1.29 bits per heavy atom. The van der Waals surface area contributed by atoms with Gasteiger partial charge in [-0.05, 0) is 30.7 Å². The molecule has 0 bridgehead atoms. The number of ether oxygens (including phenoxy) is 1. The van der Waals surface area contributed by atoms with Crippen LogP contribution < -0.4 is 11.1 Å². The lowest BCUT2D eigenvalue weighted by Crippen LogP contribution is -2.42. The summed E-state index contributed by atoms with van der Waals surface area (Å²) in [7, 11) is -2.07. The first-order valence-corrected chi connectivity index (χ1v) is 8.21. The molecule has 0 saturated heterocycles. The fourth-order valence-corrected chi connectivity index (χ4v) is 2.26. The molecular weight excluding hydrogens is 296 g/mol. The minimum Gasteiger partial charge on any atom is -0.467 e. The number of methoxy groups -OCH3 is 1. The second-order valence-corrected chi connectivity index (χ2v) is 6.85. The highest BCUT2D eigenvalue weighted by Gasteiger charge is 2.23. The Kier molecular flexibility index (Phi) is 5.71. The van der Waals surface area contributed by atoms with Gasteiger partial charge in [0.1, 0.15) is 15.9 Å². The van der Waals surface area contributed by atoms with E-state index in [0.717, 1.165) is 6.26 Å². The molecule has 1 aromatic rings. The lowest BCUT2D eigenvalue weighted by Gasteiger charge is -2.16. The minimum atomic E-state index is -3.24. The van der Waals surface area contributed by atoms with Crippen LogP contribution in [0.4, 0.5) is 5.69 Å². The van der Waals surface area contributed by atoms with Crippen molar-refractivity contribution in [1.82, 2.24) is 5.32 Å².